The van der Waals surface area contributed by atoms with Crippen LogP contribution in [0.2, 0.25) is 0 Å². The Labute approximate surface area is 194 Å². The zero-order chi connectivity index (χ0) is 23.6. The largest absolute Gasteiger partial charge is 0.493 e. The van der Waals surface area contributed by atoms with E-state index in [4.69, 9.17) is 19.4 Å². The summed E-state index contributed by atoms with van der Waals surface area (Å²) in [6.45, 7) is 2.03. The van der Waals surface area contributed by atoms with Crippen molar-refractivity contribution in [3.05, 3.63) is 18.0 Å². The molecule has 2 aliphatic rings. The average molecular weight is 481 g/mol. The molecular weight excluding hydrogens is 448 g/mol. The number of ether oxygens (including phenoxy) is 2. The van der Waals surface area contributed by atoms with Gasteiger partial charge in [0.15, 0.2) is 21.3 Å². The molecule has 1 aromatic carbocycles. The molecule has 0 radical (unpaired) electrons. The lowest BCUT2D eigenvalue weighted by atomic mass is 10.1. The van der Waals surface area contributed by atoms with Crippen LogP contribution < -0.4 is 14.4 Å². The van der Waals surface area contributed by atoms with Crippen molar-refractivity contribution in [2.24, 2.45) is 0 Å². The van der Waals surface area contributed by atoms with Gasteiger partial charge in [0, 0.05) is 31.1 Å². The Bertz CT molecular complexity index is 1090. The van der Waals surface area contributed by atoms with Crippen LogP contribution in [-0.2, 0) is 16.4 Å². The number of aliphatic hydroxyl groups is 2. The number of benzene rings is 1. The summed E-state index contributed by atoms with van der Waals surface area (Å²) >= 11 is 0. The van der Waals surface area contributed by atoms with E-state index in [0.29, 0.717) is 22.8 Å². The lowest BCUT2D eigenvalue weighted by Crippen LogP contribution is -2.44. The lowest BCUT2D eigenvalue weighted by Gasteiger charge is -2.31. The molecule has 2 atom stereocenters. The highest BCUT2D eigenvalue weighted by molar-refractivity contribution is 7.91. The van der Waals surface area contributed by atoms with Crippen molar-refractivity contribution in [2.75, 3.05) is 56.9 Å². The first-order valence-electron chi connectivity index (χ1n) is 11.3. The third kappa shape index (κ3) is 5.16. The summed E-state index contributed by atoms with van der Waals surface area (Å²) in [6, 6.07) is 3.10. The fraction of sp³-hybridized carbons (Fsp3) is 0.636. The second kappa shape index (κ2) is 9.96. The van der Waals surface area contributed by atoms with Crippen LogP contribution in [0.25, 0.3) is 10.9 Å². The zero-order valence-corrected chi connectivity index (χ0v) is 19.9. The SMILES string of the molecule is COc1cc2nc(CN(CCO)[C@H]3CS(=O)(=O)C[C@@H]3O)nc(N3CCCCC3)c2cc1OC. The van der Waals surface area contributed by atoms with Gasteiger partial charge in [-0.25, -0.2) is 18.4 Å². The zero-order valence-electron chi connectivity index (χ0n) is 19.1. The van der Waals surface area contributed by atoms with E-state index in [1.54, 1.807) is 19.1 Å². The minimum atomic E-state index is -3.33. The second-order valence-electron chi connectivity index (χ2n) is 8.64. The van der Waals surface area contributed by atoms with E-state index in [1.807, 2.05) is 12.1 Å². The van der Waals surface area contributed by atoms with E-state index < -0.39 is 22.0 Å². The number of aliphatic hydroxyl groups excluding tert-OH is 2. The first kappa shape index (κ1) is 23.9. The number of fused-ring (bicyclic) bond motifs is 1. The van der Waals surface area contributed by atoms with E-state index in [2.05, 4.69) is 4.90 Å². The fourth-order valence-electron chi connectivity index (χ4n) is 4.74. The van der Waals surface area contributed by atoms with Gasteiger partial charge in [0.25, 0.3) is 0 Å². The monoisotopic (exact) mass is 480 g/mol. The van der Waals surface area contributed by atoms with Crippen LogP contribution in [0, 0.1) is 0 Å². The number of nitrogens with zero attached hydrogens (tertiary/aromatic N) is 4. The van der Waals surface area contributed by atoms with E-state index in [0.717, 1.165) is 37.1 Å². The molecule has 0 unspecified atom stereocenters. The van der Waals surface area contributed by atoms with Crippen LogP contribution in [0.4, 0.5) is 5.82 Å². The van der Waals surface area contributed by atoms with E-state index >= 15 is 0 Å². The minimum Gasteiger partial charge on any atom is -0.493 e. The van der Waals surface area contributed by atoms with Gasteiger partial charge in [0.05, 0.1) is 56.5 Å². The van der Waals surface area contributed by atoms with Crippen molar-refractivity contribution >= 4 is 26.6 Å². The molecular formula is C22H32N4O6S. The molecule has 0 spiro atoms. The van der Waals surface area contributed by atoms with Gasteiger partial charge in [-0.1, -0.05) is 0 Å². The first-order chi connectivity index (χ1) is 15.8. The predicted octanol–water partition coefficient (Wildman–Crippen LogP) is 0.590. The molecule has 2 aromatic rings. The summed E-state index contributed by atoms with van der Waals surface area (Å²) < 4.78 is 35.1. The third-order valence-corrected chi connectivity index (χ3v) is 8.08. The van der Waals surface area contributed by atoms with Crippen LogP contribution in [-0.4, -0.2) is 97.6 Å². The van der Waals surface area contributed by atoms with Crippen molar-refractivity contribution in [3.63, 3.8) is 0 Å². The molecule has 2 aliphatic heterocycles. The topological polar surface area (TPSA) is 125 Å². The second-order valence-corrected chi connectivity index (χ2v) is 10.8. The van der Waals surface area contributed by atoms with Gasteiger partial charge in [0.2, 0.25) is 0 Å². The molecule has 10 nitrogen and oxygen atoms in total. The smallest absolute Gasteiger partial charge is 0.162 e. The Hall–Kier alpha value is -2.21. The highest BCUT2D eigenvalue weighted by Crippen LogP contribution is 2.36. The highest BCUT2D eigenvalue weighted by atomic mass is 32.2. The molecule has 0 amide bonds. The molecule has 33 heavy (non-hydrogen) atoms. The number of anilines is 1. The number of piperidine rings is 1. The highest BCUT2D eigenvalue weighted by Gasteiger charge is 2.40. The molecule has 0 bridgehead atoms. The Kier molecular flexibility index (Phi) is 7.22. The Balaban J connectivity index is 1.76. The fourth-order valence-corrected chi connectivity index (χ4v) is 6.57. The van der Waals surface area contributed by atoms with E-state index in [-0.39, 0.29) is 31.2 Å². The van der Waals surface area contributed by atoms with Crippen molar-refractivity contribution < 1.29 is 28.1 Å². The van der Waals surface area contributed by atoms with Crippen LogP contribution in [0.15, 0.2) is 12.1 Å². The summed E-state index contributed by atoms with van der Waals surface area (Å²) in [5.74, 6) is 2.05. The van der Waals surface area contributed by atoms with Gasteiger partial charge in [-0.15, -0.1) is 0 Å². The Morgan fingerprint density at radius 1 is 1.09 bits per heavy atom. The average Bonchev–Trinajstić information content (AvgIpc) is 3.09. The first-order valence-corrected chi connectivity index (χ1v) is 13.1. The molecule has 2 N–H and O–H groups in total. The van der Waals surface area contributed by atoms with E-state index in [1.165, 1.54) is 6.42 Å². The molecule has 11 heteroatoms. The van der Waals surface area contributed by atoms with Crippen molar-refractivity contribution in [1.82, 2.24) is 14.9 Å². The Morgan fingerprint density at radius 3 is 2.39 bits per heavy atom. The number of hydrogen-bond donors (Lipinski definition) is 2. The van der Waals surface area contributed by atoms with Crippen LogP contribution in [0.5, 0.6) is 11.5 Å². The number of aromatic nitrogens is 2. The minimum absolute atomic E-state index is 0.147. The van der Waals surface area contributed by atoms with Gasteiger partial charge >= 0.3 is 0 Å². The number of sulfone groups is 1. The number of hydrogen-bond acceptors (Lipinski definition) is 10. The molecule has 182 valence electrons. The summed E-state index contributed by atoms with van der Waals surface area (Å²) in [7, 11) is -0.168. The molecule has 0 aliphatic carbocycles. The molecule has 4 rings (SSSR count). The molecule has 3 heterocycles. The molecule has 0 saturated carbocycles. The lowest BCUT2D eigenvalue weighted by molar-refractivity contribution is 0.0640. The number of rotatable bonds is 8. The van der Waals surface area contributed by atoms with Crippen LogP contribution >= 0.6 is 0 Å². The summed E-state index contributed by atoms with van der Waals surface area (Å²) in [5.41, 5.74) is 0.696. The van der Waals surface area contributed by atoms with Gasteiger partial charge < -0.3 is 24.6 Å². The van der Waals surface area contributed by atoms with Gasteiger partial charge in [0.1, 0.15) is 11.6 Å². The molecule has 1 aromatic heterocycles. The Morgan fingerprint density at radius 2 is 1.79 bits per heavy atom. The van der Waals surface area contributed by atoms with E-state index in [9.17, 15) is 18.6 Å². The maximum atomic E-state index is 12.1. The van der Waals surface area contributed by atoms with Crippen molar-refractivity contribution in [1.29, 1.82) is 0 Å². The number of methoxy groups -OCH3 is 2. The maximum absolute atomic E-state index is 12.1. The van der Waals surface area contributed by atoms with Gasteiger partial charge in [-0.2, -0.15) is 0 Å². The quantitative estimate of drug-likeness (QED) is 0.554. The van der Waals surface area contributed by atoms with Gasteiger partial charge in [-0.05, 0) is 25.3 Å². The van der Waals surface area contributed by atoms with Crippen molar-refractivity contribution in [2.45, 2.75) is 38.0 Å². The summed E-state index contributed by atoms with van der Waals surface area (Å²) in [5, 5.41) is 20.8. The summed E-state index contributed by atoms with van der Waals surface area (Å²) in [4.78, 5) is 13.6. The maximum Gasteiger partial charge on any atom is 0.162 e. The third-order valence-electron chi connectivity index (χ3n) is 6.38. The van der Waals surface area contributed by atoms with Crippen molar-refractivity contribution in [3.8, 4) is 11.5 Å². The molecule has 2 saturated heterocycles. The van der Waals surface area contributed by atoms with Gasteiger partial charge in [-0.3, -0.25) is 4.90 Å². The van der Waals surface area contributed by atoms with Crippen LogP contribution in [0.3, 0.4) is 0 Å². The predicted molar refractivity (Wildman–Crippen MR) is 125 cm³/mol. The molecule has 2 fully saturated rings. The normalized spacial score (nSPS) is 22.8. The van der Waals surface area contributed by atoms with Crippen LogP contribution in [0.1, 0.15) is 25.1 Å². The standard InChI is InChI=1S/C22H32N4O6S/c1-31-19-10-15-16(11-20(19)32-2)23-21(24-22(15)25-6-4-3-5-7-25)12-26(8-9-27)17-13-33(29,30)14-18(17)28/h10-11,17-18,27-28H,3-9,12-14H2,1-2H3/t17-,18-/m0/s1. The summed E-state index contributed by atoms with van der Waals surface area (Å²) in [6.07, 6.45) is 2.34.